The number of hydrogen-bond donors (Lipinski definition) is 1. The molecule has 0 saturated heterocycles. The van der Waals surface area contributed by atoms with Gasteiger partial charge in [-0.05, 0) is 44.6 Å². The van der Waals surface area contributed by atoms with Gasteiger partial charge in [0.15, 0.2) is 5.82 Å². The highest BCUT2D eigenvalue weighted by Crippen LogP contribution is 2.27. The molecule has 2 rings (SSSR count). The maximum Gasteiger partial charge on any atom is 0.220 e. The molecule has 0 radical (unpaired) electrons. The number of benzene rings is 1. The molecule has 0 amide bonds. The van der Waals surface area contributed by atoms with Crippen molar-refractivity contribution in [2.75, 3.05) is 5.73 Å². The third-order valence-corrected chi connectivity index (χ3v) is 3.21. The normalized spacial score (nSPS) is 10.8. The number of anilines is 1. The molecule has 0 aliphatic heterocycles. The molecule has 1 aromatic heterocycles. The van der Waals surface area contributed by atoms with Gasteiger partial charge < -0.3 is 5.73 Å². The fourth-order valence-corrected chi connectivity index (χ4v) is 2.65. The molecular formula is C8H4BrFIN3. The van der Waals surface area contributed by atoms with Crippen LogP contribution < -0.4 is 5.73 Å². The van der Waals surface area contributed by atoms with Crippen LogP contribution in [0.5, 0.6) is 0 Å². The molecule has 6 heteroatoms. The molecule has 2 aromatic rings. The first kappa shape index (κ1) is 10.0. The van der Waals surface area contributed by atoms with Gasteiger partial charge in [-0.1, -0.05) is 0 Å². The third kappa shape index (κ3) is 1.56. The molecule has 0 atom stereocenters. The molecule has 0 unspecified atom stereocenters. The fraction of sp³-hybridized carbons (Fsp3) is 0. The van der Waals surface area contributed by atoms with E-state index in [1.807, 2.05) is 0 Å². The molecule has 2 N–H and O–H groups in total. The summed E-state index contributed by atoms with van der Waals surface area (Å²) >= 11 is 5.21. The van der Waals surface area contributed by atoms with E-state index in [0.29, 0.717) is 9.86 Å². The minimum Gasteiger partial charge on any atom is -0.368 e. The minimum absolute atomic E-state index is 0.0744. The van der Waals surface area contributed by atoms with Crippen molar-refractivity contribution in [3.8, 4) is 0 Å². The summed E-state index contributed by atoms with van der Waals surface area (Å²) in [6.45, 7) is 0. The topological polar surface area (TPSA) is 51.8 Å². The van der Waals surface area contributed by atoms with Gasteiger partial charge in [0, 0.05) is 15.2 Å². The number of aromatic nitrogens is 2. The molecule has 0 fully saturated rings. The Morgan fingerprint density at radius 1 is 1.50 bits per heavy atom. The average molecular weight is 368 g/mol. The van der Waals surface area contributed by atoms with Gasteiger partial charge >= 0.3 is 0 Å². The zero-order valence-electron chi connectivity index (χ0n) is 6.76. The van der Waals surface area contributed by atoms with Gasteiger partial charge in [0.2, 0.25) is 5.95 Å². The van der Waals surface area contributed by atoms with E-state index < -0.39 is 5.82 Å². The van der Waals surface area contributed by atoms with Crippen LogP contribution in [0.15, 0.2) is 16.7 Å². The van der Waals surface area contributed by atoms with Crippen LogP contribution in [0.3, 0.4) is 0 Å². The van der Waals surface area contributed by atoms with Crippen molar-refractivity contribution in [1.29, 1.82) is 0 Å². The number of fused-ring (bicyclic) bond motifs is 1. The second-order valence-electron chi connectivity index (χ2n) is 2.64. The highest BCUT2D eigenvalue weighted by molar-refractivity contribution is 14.1. The molecule has 3 nitrogen and oxygen atoms in total. The summed E-state index contributed by atoms with van der Waals surface area (Å²) in [6.07, 6.45) is 1.52. The van der Waals surface area contributed by atoms with E-state index in [1.165, 1.54) is 6.20 Å². The maximum absolute atomic E-state index is 13.6. The van der Waals surface area contributed by atoms with Crippen molar-refractivity contribution in [3.05, 3.63) is 26.1 Å². The molecule has 1 heterocycles. The monoisotopic (exact) mass is 367 g/mol. The molecule has 0 spiro atoms. The second-order valence-corrected chi connectivity index (χ2v) is 4.66. The molecule has 14 heavy (non-hydrogen) atoms. The van der Waals surface area contributed by atoms with Crippen molar-refractivity contribution in [3.63, 3.8) is 0 Å². The number of rotatable bonds is 0. The summed E-state index contributed by atoms with van der Waals surface area (Å²) in [4.78, 5) is 7.67. The quantitative estimate of drug-likeness (QED) is 0.575. The van der Waals surface area contributed by atoms with E-state index in [4.69, 9.17) is 5.73 Å². The summed E-state index contributed by atoms with van der Waals surface area (Å²) in [7, 11) is 0. The van der Waals surface area contributed by atoms with Crippen LogP contribution in [0.25, 0.3) is 10.9 Å². The predicted molar refractivity (Wildman–Crippen MR) is 64.3 cm³/mol. The summed E-state index contributed by atoms with van der Waals surface area (Å²) in [5, 5.41) is 0.667. The van der Waals surface area contributed by atoms with E-state index >= 15 is 0 Å². The van der Waals surface area contributed by atoms with Gasteiger partial charge in [-0.3, -0.25) is 0 Å². The summed E-state index contributed by atoms with van der Waals surface area (Å²) in [5.41, 5.74) is 5.63. The van der Waals surface area contributed by atoms with Gasteiger partial charge in [0.1, 0.15) is 5.52 Å². The molecule has 0 aliphatic carbocycles. The Bertz CT molecular complexity index is 517. The number of nitrogens with two attached hydrogens (primary N) is 1. The highest BCUT2D eigenvalue weighted by Gasteiger charge is 2.10. The van der Waals surface area contributed by atoms with Gasteiger partial charge in [0.25, 0.3) is 0 Å². The molecule has 0 bridgehead atoms. The Balaban J connectivity index is 2.95. The lowest BCUT2D eigenvalue weighted by molar-refractivity contribution is 0.630. The fourth-order valence-electron chi connectivity index (χ4n) is 1.10. The Labute approximate surface area is 101 Å². The van der Waals surface area contributed by atoms with Crippen molar-refractivity contribution < 1.29 is 4.39 Å². The summed E-state index contributed by atoms with van der Waals surface area (Å²) < 4.78 is 14.8. The SMILES string of the molecule is Nc1ncc2c(I)cc(Br)c(F)c2n1. The zero-order chi connectivity index (χ0) is 10.3. The number of hydrogen-bond acceptors (Lipinski definition) is 3. The predicted octanol–water partition coefficient (Wildman–Crippen LogP) is 2.72. The number of nitrogens with zero attached hydrogens (tertiary/aromatic N) is 2. The van der Waals surface area contributed by atoms with Crippen molar-refractivity contribution in [2.45, 2.75) is 0 Å². The minimum atomic E-state index is -0.408. The Morgan fingerprint density at radius 2 is 2.21 bits per heavy atom. The Hall–Kier alpha value is -0.500. The van der Waals surface area contributed by atoms with Crippen LogP contribution in [0, 0.1) is 9.39 Å². The largest absolute Gasteiger partial charge is 0.368 e. The standard InChI is InChI=1S/C8H4BrFIN3/c9-4-1-5(11)3-2-13-8(12)14-7(3)6(4)10/h1-2H,(H2,12,13,14). The van der Waals surface area contributed by atoms with E-state index in [2.05, 4.69) is 48.5 Å². The Kier molecular flexibility index (Phi) is 2.56. The van der Waals surface area contributed by atoms with Crippen LogP contribution in [-0.2, 0) is 0 Å². The van der Waals surface area contributed by atoms with Crippen LogP contribution >= 0.6 is 38.5 Å². The lowest BCUT2D eigenvalue weighted by Crippen LogP contribution is -1.97. The van der Waals surface area contributed by atoms with Gasteiger partial charge in [0.05, 0.1) is 4.47 Å². The third-order valence-electron chi connectivity index (χ3n) is 1.74. The van der Waals surface area contributed by atoms with Crippen LogP contribution in [0.1, 0.15) is 0 Å². The lowest BCUT2D eigenvalue weighted by atomic mass is 10.2. The van der Waals surface area contributed by atoms with E-state index in [-0.39, 0.29) is 11.5 Å². The van der Waals surface area contributed by atoms with Crippen molar-refractivity contribution in [2.24, 2.45) is 0 Å². The zero-order valence-corrected chi connectivity index (χ0v) is 10.5. The summed E-state index contributed by atoms with van der Waals surface area (Å²) in [6, 6.07) is 1.68. The van der Waals surface area contributed by atoms with Crippen LogP contribution in [-0.4, -0.2) is 9.97 Å². The molecule has 72 valence electrons. The first-order valence-corrected chi connectivity index (χ1v) is 5.52. The van der Waals surface area contributed by atoms with Crippen molar-refractivity contribution >= 4 is 55.4 Å². The number of halogens is 3. The molecule has 0 aliphatic rings. The van der Waals surface area contributed by atoms with Gasteiger partial charge in [-0.2, -0.15) is 0 Å². The first-order chi connectivity index (χ1) is 6.59. The van der Waals surface area contributed by atoms with Crippen LogP contribution in [0.2, 0.25) is 0 Å². The number of nitrogen functional groups attached to an aromatic ring is 1. The molecule has 0 saturated carbocycles. The lowest BCUT2D eigenvalue weighted by Gasteiger charge is -2.03. The van der Waals surface area contributed by atoms with Crippen LogP contribution in [0.4, 0.5) is 10.3 Å². The smallest absolute Gasteiger partial charge is 0.220 e. The van der Waals surface area contributed by atoms with E-state index in [1.54, 1.807) is 6.07 Å². The second kappa shape index (κ2) is 3.58. The summed E-state index contributed by atoms with van der Waals surface area (Å²) in [5.74, 6) is -0.334. The average Bonchev–Trinajstić information content (AvgIpc) is 2.14. The Morgan fingerprint density at radius 3 is 2.93 bits per heavy atom. The molecular weight excluding hydrogens is 364 g/mol. The van der Waals surface area contributed by atoms with E-state index in [9.17, 15) is 4.39 Å². The maximum atomic E-state index is 13.6. The molecule has 1 aromatic carbocycles. The highest BCUT2D eigenvalue weighted by atomic mass is 127. The first-order valence-electron chi connectivity index (χ1n) is 3.65. The van der Waals surface area contributed by atoms with E-state index in [0.717, 1.165) is 3.57 Å². The van der Waals surface area contributed by atoms with Gasteiger partial charge in [-0.15, -0.1) is 0 Å². The van der Waals surface area contributed by atoms with Crippen molar-refractivity contribution in [1.82, 2.24) is 9.97 Å². The van der Waals surface area contributed by atoms with Gasteiger partial charge in [-0.25, -0.2) is 14.4 Å².